The van der Waals surface area contributed by atoms with E-state index in [2.05, 4.69) is 54.0 Å². The highest BCUT2D eigenvalue weighted by atomic mass is 79.9. The maximum Gasteiger partial charge on any atom is 0.119 e. The highest BCUT2D eigenvalue weighted by molar-refractivity contribution is 9.09. The molecule has 0 aliphatic heterocycles. The van der Waals surface area contributed by atoms with Crippen LogP contribution in [0, 0.1) is 5.92 Å². The Kier molecular flexibility index (Phi) is 5.16. The van der Waals surface area contributed by atoms with Crippen molar-refractivity contribution in [3.05, 3.63) is 29.8 Å². The summed E-state index contributed by atoms with van der Waals surface area (Å²) in [6, 6.07) is 8.43. The van der Waals surface area contributed by atoms with Gasteiger partial charge in [0.05, 0.1) is 6.61 Å². The van der Waals surface area contributed by atoms with Crippen molar-refractivity contribution in [1.29, 1.82) is 0 Å². The summed E-state index contributed by atoms with van der Waals surface area (Å²) >= 11 is 3.57. The molecule has 1 unspecified atom stereocenters. The molecule has 0 aliphatic carbocycles. The predicted molar refractivity (Wildman–Crippen MR) is 69.0 cm³/mol. The van der Waals surface area contributed by atoms with Gasteiger partial charge in [0.2, 0.25) is 0 Å². The standard InChI is InChI=1S/C13H19BrO/c1-4-15-12-7-5-11(6-8-12)13(9-14)10(2)3/h5-8,10,13H,4,9H2,1-3H3. The van der Waals surface area contributed by atoms with E-state index in [4.69, 9.17) is 4.74 Å². The van der Waals surface area contributed by atoms with Gasteiger partial charge in [-0.1, -0.05) is 41.9 Å². The summed E-state index contributed by atoms with van der Waals surface area (Å²) in [5.74, 6) is 2.20. The highest BCUT2D eigenvalue weighted by Gasteiger charge is 2.13. The second kappa shape index (κ2) is 6.16. The van der Waals surface area contributed by atoms with Crippen LogP contribution in [0.2, 0.25) is 0 Å². The molecule has 0 aromatic heterocycles. The minimum Gasteiger partial charge on any atom is -0.494 e. The number of hydrogen-bond donors (Lipinski definition) is 0. The monoisotopic (exact) mass is 270 g/mol. The lowest BCUT2D eigenvalue weighted by atomic mass is 9.90. The lowest BCUT2D eigenvalue weighted by Gasteiger charge is -2.18. The maximum atomic E-state index is 5.42. The van der Waals surface area contributed by atoms with Crippen LogP contribution in [-0.2, 0) is 0 Å². The third-order valence-corrected chi connectivity index (χ3v) is 3.29. The van der Waals surface area contributed by atoms with Gasteiger partial charge in [0.25, 0.3) is 0 Å². The van der Waals surface area contributed by atoms with Crippen LogP contribution < -0.4 is 4.74 Å². The normalized spacial score (nSPS) is 12.9. The van der Waals surface area contributed by atoms with E-state index < -0.39 is 0 Å². The minimum atomic E-state index is 0.584. The number of ether oxygens (including phenoxy) is 1. The Bertz CT molecular complexity index is 279. The molecule has 1 nitrogen and oxygen atoms in total. The largest absolute Gasteiger partial charge is 0.494 e. The minimum absolute atomic E-state index is 0.584. The van der Waals surface area contributed by atoms with Gasteiger partial charge in [0.15, 0.2) is 0 Å². The first-order valence-electron chi connectivity index (χ1n) is 5.47. The average Bonchev–Trinajstić information content (AvgIpc) is 2.21. The molecule has 84 valence electrons. The van der Waals surface area contributed by atoms with Crippen molar-refractivity contribution in [3.63, 3.8) is 0 Å². The molecule has 0 saturated carbocycles. The molecule has 15 heavy (non-hydrogen) atoms. The third kappa shape index (κ3) is 3.53. The van der Waals surface area contributed by atoms with Crippen LogP contribution in [0.3, 0.4) is 0 Å². The van der Waals surface area contributed by atoms with Gasteiger partial charge in [-0.25, -0.2) is 0 Å². The zero-order valence-corrected chi connectivity index (χ0v) is 11.3. The molecule has 0 N–H and O–H groups in total. The van der Waals surface area contributed by atoms with Gasteiger partial charge in [0.1, 0.15) is 5.75 Å². The van der Waals surface area contributed by atoms with E-state index in [0.29, 0.717) is 11.8 Å². The Morgan fingerprint density at radius 1 is 1.20 bits per heavy atom. The SMILES string of the molecule is CCOc1ccc(C(CBr)C(C)C)cc1. The van der Waals surface area contributed by atoms with Crippen LogP contribution in [0.5, 0.6) is 5.75 Å². The summed E-state index contributed by atoms with van der Waals surface area (Å²) in [5, 5.41) is 1.01. The Hall–Kier alpha value is -0.500. The fourth-order valence-corrected chi connectivity index (χ4v) is 2.75. The molecule has 0 heterocycles. The first kappa shape index (κ1) is 12.6. The molecule has 0 spiro atoms. The van der Waals surface area contributed by atoms with E-state index in [1.54, 1.807) is 0 Å². The lowest BCUT2D eigenvalue weighted by molar-refractivity contribution is 0.340. The van der Waals surface area contributed by atoms with Crippen molar-refractivity contribution in [1.82, 2.24) is 0 Å². The van der Waals surface area contributed by atoms with E-state index >= 15 is 0 Å². The number of rotatable bonds is 5. The molecule has 0 bridgehead atoms. The van der Waals surface area contributed by atoms with E-state index in [-0.39, 0.29) is 0 Å². The Balaban J connectivity index is 2.77. The van der Waals surface area contributed by atoms with E-state index in [1.807, 2.05) is 6.92 Å². The topological polar surface area (TPSA) is 9.23 Å². The van der Waals surface area contributed by atoms with Crippen molar-refractivity contribution >= 4 is 15.9 Å². The number of benzene rings is 1. The molecular weight excluding hydrogens is 252 g/mol. The second-order valence-electron chi connectivity index (χ2n) is 4.01. The molecular formula is C13H19BrO. The fourth-order valence-electron chi connectivity index (χ4n) is 1.63. The Labute approximate surface area is 101 Å². The van der Waals surface area contributed by atoms with E-state index in [1.165, 1.54) is 5.56 Å². The summed E-state index contributed by atoms with van der Waals surface area (Å²) in [6.45, 7) is 7.24. The maximum absolute atomic E-state index is 5.42. The van der Waals surface area contributed by atoms with Gasteiger partial charge in [-0.15, -0.1) is 0 Å². The van der Waals surface area contributed by atoms with Gasteiger partial charge in [0, 0.05) is 5.33 Å². The molecule has 0 amide bonds. The van der Waals surface area contributed by atoms with Gasteiger partial charge >= 0.3 is 0 Å². The number of alkyl halides is 1. The van der Waals surface area contributed by atoms with Gasteiger partial charge in [-0.05, 0) is 36.5 Å². The molecule has 1 atom stereocenters. The molecule has 0 saturated heterocycles. The van der Waals surface area contributed by atoms with Crippen molar-refractivity contribution in [2.75, 3.05) is 11.9 Å². The lowest BCUT2D eigenvalue weighted by Crippen LogP contribution is -2.07. The third-order valence-electron chi connectivity index (χ3n) is 2.59. The van der Waals surface area contributed by atoms with Crippen molar-refractivity contribution in [2.24, 2.45) is 5.92 Å². The van der Waals surface area contributed by atoms with Crippen molar-refractivity contribution < 1.29 is 4.74 Å². The summed E-state index contributed by atoms with van der Waals surface area (Å²) in [5.41, 5.74) is 1.38. The van der Waals surface area contributed by atoms with Gasteiger partial charge in [-0.2, -0.15) is 0 Å². The molecule has 0 radical (unpaired) electrons. The highest BCUT2D eigenvalue weighted by Crippen LogP contribution is 2.27. The van der Waals surface area contributed by atoms with Crippen LogP contribution in [0.25, 0.3) is 0 Å². The van der Waals surface area contributed by atoms with Gasteiger partial charge in [-0.3, -0.25) is 0 Å². The Morgan fingerprint density at radius 3 is 2.20 bits per heavy atom. The summed E-state index contributed by atoms with van der Waals surface area (Å²) in [7, 11) is 0. The van der Waals surface area contributed by atoms with Crippen molar-refractivity contribution in [2.45, 2.75) is 26.7 Å². The zero-order valence-electron chi connectivity index (χ0n) is 9.66. The zero-order chi connectivity index (χ0) is 11.3. The molecule has 0 fully saturated rings. The smallest absolute Gasteiger partial charge is 0.119 e. The average molecular weight is 271 g/mol. The molecule has 0 aliphatic rings. The predicted octanol–water partition coefficient (Wildman–Crippen LogP) is 4.22. The summed E-state index contributed by atoms with van der Waals surface area (Å²) in [4.78, 5) is 0. The molecule has 2 heteroatoms. The Morgan fingerprint density at radius 2 is 1.80 bits per heavy atom. The summed E-state index contributed by atoms with van der Waals surface area (Å²) < 4.78 is 5.42. The number of hydrogen-bond acceptors (Lipinski definition) is 1. The van der Waals surface area contributed by atoms with Crippen LogP contribution in [0.1, 0.15) is 32.3 Å². The summed E-state index contributed by atoms with van der Waals surface area (Å²) in [6.07, 6.45) is 0. The first-order chi connectivity index (χ1) is 7.19. The van der Waals surface area contributed by atoms with Crippen LogP contribution in [0.4, 0.5) is 0 Å². The van der Waals surface area contributed by atoms with E-state index in [0.717, 1.165) is 17.7 Å². The number of halogens is 1. The van der Waals surface area contributed by atoms with E-state index in [9.17, 15) is 0 Å². The molecule has 1 aromatic carbocycles. The van der Waals surface area contributed by atoms with Crippen LogP contribution in [-0.4, -0.2) is 11.9 Å². The van der Waals surface area contributed by atoms with Gasteiger partial charge < -0.3 is 4.74 Å². The fraction of sp³-hybridized carbons (Fsp3) is 0.538. The quantitative estimate of drug-likeness (QED) is 0.728. The van der Waals surface area contributed by atoms with Crippen LogP contribution >= 0.6 is 15.9 Å². The second-order valence-corrected chi connectivity index (χ2v) is 4.65. The first-order valence-corrected chi connectivity index (χ1v) is 6.59. The molecule has 1 aromatic rings. The molecule has 1 rings (SSSR count). The van der Waals surface area contributed by atoms with Crippen molar-refractivity contribution in [3.8, 4) is 5.75 Å². The van der Waals surface area contributed by atoms with Crippen LogP contribution in [0.15, 0.2) is 24.3 Å².